The largest absolute Gasteiger partial charge is 0.618 e. The Balaban J connectivity index is 2.15. The second-order valence-corrected chi connectivity index (χ2v) is 4.98. The van der Waals surface area contributed by atoms with E-state index >= 15 is 0 Å². The van der Waals surface area contributed by atoms with Crippen LogP contribution in [0.15, 0.2) is 54.7 Å². The fourth-order valence-corrected chi connectivity index (χ4v) is 2.34. The average Bonchev–Trinajstić information content (AvgIpc) is 2.49. The highest BCUT2D eigenvalue weighted by Gasteiger charge is 2.22. The predicted molar refractivity (Wildman–Crippen MR) is 84.0 cm³/mol. The van der Waals surface area contributed by atoms with Gasteiger partial charge < -0.3 is 10.5 Å². The molecule has 0 aliphatic rings. The molecule has 3 rings (SSSR count). The number of anilines is 2. The van der Waals surface area contributed by atoms with Crippen molar-refractivity contribution in [2.24, 2.45) is 0 Å². The van der Waals surface area contributed by atoms with Crippen LogP contribution in [0.5, 0.6) is 0 Å². The lowest BCUT2D eigenvalue weighted by molar-refractivity contribution is -0.577. The molecule has 22 heavy (non-hydrogen) atoms. The Kier molecular flexibility index (Phi) is 3.34. The van der Waals surface area contributed by atoms with Gasteiger partial charge in [0.1, 0.15) is 11.1 Å². The Morgan fingerprint density at radius 1 is 1.09 bits per heavy atom. The number of hydrogen-bond donors (Lipinski definition) is 1. The number of rotatable bonds is 3. The summed E-state index contributed by atoms with van der Waals surface area (Å²) in [5, 5.41) is 26.5. The number of aryl methyl sites for hydroxylation is 1. The highest BCUT2D eigenvalue weighted by molar-refractivity contribution is 5.93. The minimum Gasteiger partial charge on any atom is -0.618 e. The number of nitro groups is 1. The molecule has 110 valence electrons. The van der Waals surface area contributed by atoms with Crippen LogP contribution in [-0.4, -0.2) is 4.92 Å². The van der Waals surface area contributed by atoms with Crippen molar-refractivity contribution < 1.29 is 9.65 Å². The molecule has 6 nitrogen and oxygen atoms in total. The minimum atomic E-state index is -0.473. The number of aromatic nitrogens is 1. The predicted octanol–water partition coefficient (Wildman–Crippen LogP) is 3.43. The molecule has 0 radical (unpaired) electrons. The molecule has 0 unspecified atom stereocenters. The van der Waals surface area contributed by atoms with Gasteiger partial charge in [0, 0.05) is 17.8 Å². The van der Waals surface area contributed by atoms with Gasteiger partial charge in [-0.15, -0.1) is 0 Å². The number of nitro benzene ring substituents is 1. The summed E-state index contributed by atoms with van der Waals surface area (Å²) < 4.78 is 0.623. The van der Waals surface area contributed by atoms with E-state index in [1.807, 2.05) is 31.2 Å². The number of pyridine rings is 1. The molecule has 0 saturated heterocycles. The van der Waals surface area contributed by atoms with Gasteiger partial charge >= 0.3 is 5.69 Å². The van der Waals surface area contributed by atoms with Crippen LogP contribution in [0.2, 0.25) is 0 Å². The lowest BCUT2D eigenvalue weighted by atomic mass is 10.1. The second kappa shape index (κ2) is 5.33. The van der Waals surface area contributed by atoms with Crippen LogP contribution in [0.1, 0.15) is 5.56 Å². The van der Waals surface area contributed by atoms with E-state index in [1.54, 1.807) is 18.2 Å². The van der Waals surface area contributed by atoms with Crippen LogP contribution in [0.3, 0.4) is 0 Å². The molecular formula is C16H13N3O3. The van der Waals surface area contributed by atoms with Crippen LogP contribution < -0.4 is 10.0 Å². The summed E-state index contributed by atoms with van der Waals surface area (Å²) in [5.74, 6) is 0. The summed E-state index contributed by atoms with van der Waals surface area (Å²) in [6, 6.07) is 13.7. The van der Waals surface area contributed by atoms with E-state index in [0.717, 1.165) is 11.3 Å². The average molecular weight is 295 g/mol. The van der Waals surface area contributed by atoms with Crippen molar-refractivity contribution in [1.29, 1.82) is 0 Å². The zero-order chi connectivity index (χ0) is 15.7. The molecule has 0 aliphatic carbocycles. The molecule has 1 aromatic heterocycles. The SMILES string of the molecule is Cc1ccc(Nc2ccc3c(ccc[n+]3[O-])c2[N+](=O)[O-])cc1. The lowest BCUT2D eigenvalue weighted by Crippen LogP contribution is -2.25. The summed E-state index contributed by atoms with van der Waals surface area (Å²) >= 11 is 0. The maximum atomic E-state index is 11.7. The normalized spacial score (nSPS) is 10.6. The van der Waals surface area contributed by atoms with Crippen molar-refractivity contribution in [2.75, 3.05) is 5.32 Å². The van der Waals surface area contributed by atoms with Crippen LogP contribution >= 0.6 is 0 Å². The first kappa shape index (κ1) is 13.8. The summed E-state index contributed by atoms with van der Waals surface area (Å²) in [4.78, 5) is 11.0. The van der Waals surface area contributed by atoms with Crippen molar-refractivity contribution in [3.05, 3.63) is 75.6 Å². The maximum Gasteiger partial charge on any atom is 0.306 e. The van der Waals surface area contributed by atoms with Crippen molar-refractivity contribution in [3.63, 3.8) is 0 Å². The number of nitrogens with zero attached hydrogens (tertiary/aromatic N) is 2. The van der Waals surface area contributed by atoms with Crippen LogP contribution in [0.25, 0.3) is 10.9 Å². The smallest absolute Gasteiger partial charge is 0.306 e. The van der Waals surface area contributed by atoms with Gasteiger partial charge in [0.05, 0.1) is 4.92 Å². The molecule has 2 aromatic carbocycles. The van der Waals surface area contributed by atoms with Gasteiger partial charge in [-0.25, -0.2) is 0 Å². The fourth-order valence-electron chi connectivity index (χ4n) is 2.34. The highest BCUT2D eigenvalue weighted by atomic mass is 16.6. The standard InChI is InChI=1S/C16H13N3O3/c1-11-4-6-12(7-5-11)17-14-8-9-15-13(16(14)19(21)22)3-2-10-18(15)20/h2-10,17H,1H3. The summed E-state index contributed by atoms with van der Waals surface area (Å²) in [5.41, 5.74) is 2.37. The van der Waals surface area contributed by atoms with Gasteiger partial charge in [-0.1, -0.05) is 17.7 Å². The van der Waals surface area contributed by atoms with Gasteiger partial charge in [0.2, 0.25) is 5.52 Å². The molecule has 0 bridgehead atoms. The van der Waals surface area contributed by atoms with Gasteiger partial charge in [-0.3, -0.25) is 10.1 Å². The van der Waals surface area contributed by atoms with Gasteiger partial charge in [0.15, 0.2) is 6.20 Å². The monoisotopic (exact) mass is 295 g/mol. The zero-order valence-electron chi connectivity index (χ0n) is 11.8. The molecule has 1 heterocycles. The van der Waals surface area contributed by atoms with Gasteiger partial charge in [-0.05, 0) is 31.2 Å². The number of benzene rings is 2. The maximum absolute atomic E-state index is 11.7. The molecule has 6 heteroatoms. The first-order valence-electron chi connectivity index (χ1n) is 6.69. The van der Waals surface area contributed by atoms with Crippen molar-refractivity contribution >= 4 is 28.0 Å². The first-order chi connectivity index (χ1) is 10.6. The van der Waals surface area contributed by atoms with Crippen molar-refractivity contribution in [2.45, 2.75) is 6.92 Å². The van der Waals surface area contributed by atoms with Gasteiger partial charge in [-0.2, -0.15) is 4.73 Å². The molecule has 0 fully saturated rings. The van der Waals surface area contributed by atoms with Crippen molar-refractivity contribution in [3.8, 4) is 0 Å². The third-order valence-electron chi connectivity index (χ3n) is 3.43. The van der Waals surface area contributed by atoms with Crippen LogP contribution in [-0.2, 0) is 0 Å². The summed E-state index contributed by atoms with van der Waals surface area (Å²) in [6.07, 6.45) is 1.32. The Hall–Kier alpha value is -3.15. The molecule has 3 aromatic rings. The molecule has 0 saturated carbocycles. The molecule has 0 atom stereocenters. The van der Waals surface area contributed by atoms with Gasteiger partial charge in [0.25, 0.3) is 0 Å². The van der Waals surface area contributed by atoms with E-state index < -0.39 is 4.92 Å². The van der Waals surface area contributed by atoms with E-state index in [9.17, 15) is 15.3 Å². The van der Waals surface area contributed by atoms with Crippen LogP contribution in [0.4, 0.5) is 17.1 Å². The Labute approximate surface area is 126 Å². The summed E-state index contributed by atoms with van der Waals surface area (Å²) in [7, 11) is 0. The first-order valence-corrected chi connectivity index (χ1v) is 6.69. The Morgan fingerprint density at radius 2 is 1.82 bits per heavy atom. The molecular weight excluding hydrogens is 282 g/mol. The number of nitrogens with one attached hydrogen (secondary N) is 1. The van der Waals surface area contributed by atoms with E-state index in [1.165, 1.54) is 12.3 Å². The van der Waals surface area contributed by atoms with Crippen LogP contribution in [0, 0.1) is 22.2 Å². The molecule has 0 spiro atoms. The van der Waals surface area contributed by atoms with E-state index in [0.29, 0.717) is 15.8 Å². The van der Waals surface area contributed by atoms with E-state index in [4.69, 9.17) is 0 Å². The second-order valence-electron chi connectivity index (χ2n) is 4.98. The van der Waals surface area contributed by atoms with Crippen molar-refractivity contribution in [1.82, 2.24) is 0 Å². The Morgan fingerprint density at radius 3 is 2.50 bits per heavy atom. The molecule has 1 N–H and O–H groups in total. The molecule has 0 amide bonds. The third kappa shape index (κ3) is 2.42. The zero-order valence-corrected chi connectivity index (χ0v) is 11.8. The number of hydrogen-bond acceptors (Lipinski definition) is 4. The number of fused-ring (bicyclic) bond motifs is 1. The summed E-state index contributed by atoms with van der Waals surface area (Å²) in [6.45, 7) is 1.97. The third-order valence-corrected chi connectivity index (χ3v) is 3.43. The van der Waals surface area contributed by atoms with E-state index in [-0.39, 0.29) is 11.2 Å². The minimum absolute atomic E-state index is 0.108. The Bertz CT molecular complexity index is 860. The topological polar surface area (TPSA) is 82.1 Å². The lowest BCUT2D eigenvalue weighted by Gasteiger charge is -2.09. The quantitative estimate of drug-likeness (QED) is 0.347. The fraction of sp³-hybridized carbons (Fsp3) is 0.0625. The highest BCUT2D eigenvalue weighted by Crippen LogP contribution is 2.33. The van der Waals surface area contributed by atoms with E-state index in [2.05, 4.69) is 5.32 Å². The molecule has 0 aliphatic heterocycles.